The first-order valence-corrected chi connectivity index (χ1v) is 7.05. The van der Waals surface area contributed by atoms with Crippen molar-refractivity contribution in [1.82, 2.24) is 25.6 Å². The molecule has 0 aliphatic heterocycles. The Balaban J connectivity index is 1.76. The molecule has 1 saturated carbocycles. The highest BCUT2D eigenvalue weighted by Gasteiger charge is 2.17. The molecule has 1 aliphatic rings. The van der Waals surface area contributed by atoms with Crippen LogP contribution in [-0.2, 0) is 17.9 Å². The van der Waals surface area contributed by atoms with Gasteiger partial charge in [0.25, 0.3) is 0 Å². The van der Waals surface area contributed by atoms with Gasteiger partial charge in [0.1, 0.15) is 6.54 Å². The van der Waals surface area contributed by atoms with Gasteiger partial charge in [0.05, 0.1) is 11.9 Å². The Labute approximate surface area is 113 Å². The summed E-state index contributed by atoms with van der Waals surface area (Å²) in [4.78, 5) is 11.8. The zero-order chi connectivity index (χ0) is 13.7. The molecule has 0 unspecified atom stereocenters. The van der Waals surface area contributed by atoms with Crippen molar-refractivity contribution in [1.29, 1.82) is 0 Å². The molecule has 1 heterocycles. The normalized spacial score (nSPS) is 16.2. The van der Waals surface area contributed by atoms with Crippen LogP contribution in [0.5, 0.6) is 0 Å². The minimum absolute atomic E-state index is 0.0279. The molecule has 106 valence electrons. The van der Waals surface area contributed by atoms with Gasteiger partial charge in [0, 0.05) is 18.6 Å². The van der Waals surface area contributed by atoms with E-state index >= 15 is 0 Å². The lowest BCUT2D eigenvalue weighted by Crippen LogP contribution is -2.35. The molecule has 1 amide bonds. The Hall–Kier alpha value is -1.43. The number of amides is 1. The number of hydrogen-bond donors (Lipinski definition) is 2. The minimum atomic E-state index is 0.0279. The maximum absolute atomic E-state index is 11.8. The van der Waals surface area contributed by atoms with Gasteiger partial charge < -0.3 is 10.6 Å². The molecular formula is C13H23N5O. The molecule has 6 nitrogen and oxygen atoms in total. The van der Waals surface area contributed by atoms with Gasteiger partial charge in [-0.3, -0.25) is 4.79 Å². The number of rotatable bonds is 6. The van der Waals surface area contributed by atoms with Crippen LogP contribution in [0, 0.1) is 0 Å². The summed E-state index contributed by atoms with van der Waals surface area (Å²) >= 11 is 0. The zero-order valence-corrected chi connectivity index (χ0v) is 11.7. The van der Waals surface area contributed by atoms with Gasteiger partial charge >= 0.3 is 0 Å². The van der Waals surface area contributed by atoms with Crippen LogP contribution in [0.4, 0.5) is 0 Å². The molecule has 2 rings (SSSR count). The van der Waals surface area contributed by atoms with E-state index in [1.165, 1.54) is 12.8 Å². The molecule has 19 heavy (non-hydrogen) atoms. The topological polar surface area (TPSA) is 71.8 Å². The number of carbonyl (C=O) groups excluding carboxylic acids is 1. The predicted octanol–water partition coefficient (Wildman–Crippen LogP) is 0.835. The molecule has 0 saturated heterocycles. The Morgan fingerprint density at radius 3 is 2.89 bits per heavy atom. The van der Waals surface area contributed by atoms with Crippen LogP contribution in [0.15, 0.2) is 6.20 Å². The fourth-order valence-electron chi connectivity index (χ4n) is 2.30. The average Bonchev–Trinajstić information content (AvgIpc) is 2.98. The van der Waals surface area contributed by atoms with Crippen LogP contribution >= 0.6 is 0 Å². The van der Waals surface area contributed by atoms with Crippen LogP contribution < -0.4 is 10.6 Å². The summed E-state index contributed by atoms with van der Waals surface area (Å²) < 4.78 is 1.60. The van der Waals surface area contributed by atoms with Crippen molar-refractivity contribution >= 4 is 5.91 Å². The molecular weight excluding hydrogens is 242 g/mol. The van der Waals surface area contributed by atoms with Crippen LogP contribution in [0.2, 0.25) is 0 Å². The third-order valence-electron chi connectivity index (χ3n) is 3.30. The van der Waals surface area contributed by atoms with Gasteiger partial charge in [0.15, 0.2) is 0 Å². The molecule has 1 fully saturated rings. The predicted molar refractivity (Wildman–Crippen MR) is 72.4 cm³/mol. The second kappa shape index (κ2) is 6.65. The third kappa shape index (κ3) is 4.63. The summed E-state index contributed by atoms with van der Waals surface area (Å²) in [6.45, 7) is 5.10. The van der Waals surface area contributed by atoms with Crippen LogP contribution in [0.25, 0.3) is 0 Å². The SMILES string of the molecule is CC(C)NCc1cn(CC(=O)NC2CCCC2)nn1. The van der Waals surface area contributed by atoms with E-state index in [0.29, 0.717) is 18.6 Å². The maximum Gasteiger partial charge on any atom is 0.242 e. The molecule has 6 heteroatoms. The number of nitrogens with zero attached hydrogens (tertiary/aromatic N) is 3. The van der Waals surface area contributed by atoms with Crippen molar-refractivity contribution in [3.05, 3.63) is 11.9 Å². The van der Waals surface area contributed by atoms with E-state index in [1.807, 2.05) is 6.20 Å². The van der Waals surface area contributed by atoms with Gasteiger partial charge in [-0.25, -0.2) is 4.68 Å². The van der Waals surface area contributed by atoms with E-state index < -0.39 is 0 Å². The quantitative estimate of drug-likeness (QED) is 0.799. The third-order valence-corrected chi connectivity index (χ3v) is 3.30. The maximum atomic E-state index is 11.8. The molecule has 2 N–H and O–H groups in total. The van der Waals surface area contributed by atoms with E-state index in [-0.39, 0.29) is 12.5 Å². The Morgan fingerprint density at radius 1 is 1.47 bits per heavy atom. The Morgan fingerprint density at radius 2 is 2.21 bits per heavy atom. The second-order valence-electron chi connectivity index (χ2n) is 5.49. The van der Waals surface area contributed by atoms with E-state index in [9.17, 15) is 4.79 Å². The summed E-state index contributed by atoms with van der Waals surface area (Å²) in [6.07, 6.45) is 6.47. The summed E-state index contributed by atoms with van der Waals surface area (Å²) in [5, 5.41) is 14.3. The molecule has 0 aromatic carbocycles. The summed E-state index contributed by atoms with van der Waals surface area (Å²) in [7, 11) is 0. The average molecular weight is 265 g/mol. The Bertz CT molecular complexity index is 409. The number of carbonyl (C=O) groups is 1. The van der Waals surface area contributed by atoms with Crippen molar-refractivity contribution in [3.63, 3.8) is 0 Å². The van der Waals surface area contributed by atoms with Crippen molar-refractivity contribution in [3.8, 4) is 0 Å². The molecule has 0 radical (unpaired) electrons. The molecule has 0 atom stereocenters. The molecule has 0 spiro atoms. The monoisotopic (exact) mass is 265 g/mol. The lowest BCUT2D eigenvalue weighted by Gasteiger charge is -2.11. The van der Waals surface area contributed by atoms with Crippen LogP contribution in [-0.4, -0.2) is 33.0 Å². The zero-order valence-electron chi connectivity index (χ0n) is 11.7. The molecule has 1 aromatic heterocycles. The largest absolute Gasteiger partial charge is 0.352 e. The summed E-state index contributed by atoms with van der Waals surface area (Å²) in [6, 6.07) is 0.772. The van der Waals surface area contributed by atoms with Crippen LogP contribution in [0.1, 0.15) is 45.2 Å². The lowest BCUT2D eigenvalue weighted by atomic mass is 10.2. The van der Waals surface area contributed by atoms with E-state index in [0.717, 1.165) is 18.5 Å². The first-order valence-electron chi connectivity index (χ1n) is 7.05. The number of nitrogens with one attached hydrogen (secondary N) is 2. The molecule has 1 aromatic rings. The fourth-order valence-corrected chi connectivity index (χ4v) is 2.30. The minimum Gasteiger partial charge on any atom is -0.352 e. The van der Waals surface area contributed by atoms with Crippen molar-refractivity contribution in [2.45, 2.75) is 64.7 Å². The highest BCUT2D eigenvalue weighted by molar-refractivity contribution is 5.75. The standard InChI is InChI=1S/C13H23N5O/c1-10(2)14-7-12-8-18(17-16-12)9-13(19)15-11-5-3-4-6-11/h8,10-11,14H,3-7,9H2,1-2H3,(H,15,19). The highest BCUT2D eigenvalue weighted by Crippen LogP contribution is 2.17. The number of hydrogen-bond acceptors (Lipinski definition) is 4. The first-order chi connectivity index (χ1) is 9.13. The van der Waals surface area contributed by atoms with Crippen molar-refractivity contribution < 1.29 is 4.79 Å². The Kier molecular flexibility index (Phi) is 4.90. The van der Waals surface area contributed by atoms with Crippen molar-refractivity contribution in [2.24, 2.45) is 0 Å². The van der Waals surface area contributed by atoms with Gasteiger partial charge in [-0.2, -0.15) is 0 Å². The fraction of sp³-hybridized carbons (Fsp3) is 0.769. The molecule has 1 aliphatic carbocycles. The van der Waals surface area contributed by atoms with Gasteiger partial charge in [-0.05, 0) is 12.8 Å². The smallest absolute Gasteiger partial charge is 0.242 e. The summed E-state index contributed by atoms with van der Waals surface area (Å²) in [5.74, 6) is 0.0279. The van der Waals surface area contributed by atoms with Gasteiger partial charge in [-0.1, -0.05) is 31.9 Å². The van der Waals surface area contributed by atoms with E-state index in [1.54, 1.807) is 4.68 Å². The van der Waals surface area contributed by atoms with E-state index in [4.69, 9.17) is 0 Å². The van der Waals surface area contributed by atoms with Gasteiger partial charge in [-0.15, -0.1) is 5.10 Å². The highest BCUT2D eigenvalue weighted by atomic mass is 16.2. The first kappa shape index (κ1) is 14.0. The van der Waals surface area contributed by atoms with Crippen LogP contribution in [0.3, 0.4) is 0 Å². The van der Waals surface area contributed by atoms with Gasteiger partial charge in [0.2, 0.25) is 5.91 Å². The number of aromatic nitrogens is 3. The summed E-state index contributed by atoms with van der Waals surface area (Å²) in [5.41, 5.74) is 0.863. The second-order valence-corrected chi connectivity index (χ2v) is 5.49. The molecule has 0 bridgehead atoms. The van der Waals surface area contributed by atoms with Crippen molar-refractivity contribution in [2.75, 3.05) is 0 Å². The van der Waals surface area contributed by atoms with E-state index in [2.05, 4.69) is 34.8 Å². The lowest BCUT2D eigenvalue weighted by molar-refractivity contribution is -0.122.